The highest BCUT2D eigenvalue weighted by molar-refractivity contribution is 5.44. The molecule has 2 heterocycles. The quantitative estimate of drug-likeness (QED) is 0.595. The second kappa shape index (κ2) is 2.23. The lowest BCUT2D eigenvalue weighted by atomic mass is 9.92. The zero-order chi connectivity index (χ0) is 8.77. The maximum Gasteiger partial charge on any atom is 0.170 e. The summed E-state index contributed by atoms with van der Waals surface area (Å²) in [6.45, 7) is 5.07. The predicted molar refractivity (Wildman–Crippen MR) is 45.6 cm³/mol. The Hall–Kier alpha value is -1.03. The number of rotatable bonds is 0. The highest BCUT2D eigenvalue weighted by Gasteiger charge is 2.32. The van der Waals surface area contributed by atoms with E-state index >= 15 is 0 Å². The van der Waals surface area contributed by atoms with Crippen LogP contribution in [0.25, 0.3) is 0 Å². The van der Waals surface area contributed by atoms with E-state index in [-0.39, 0.29) is 5.54 Å². The van der Waals surface area contributed by atoms with Crippen LogP contribution < -0.4 is 11.1 Å². The van der Waals surface area contributed by atoms with Crippen molar-refractivity contribution in [1.82, 2.24) is 10.5 Å². The van der Waals surface area contributed by atoms with Gasteiger partial charge in [0.2, 0.25) is 0 Å². The monoisotopic (exact) mass is 167 g/mol. The van der Waals surface area contributed by atoms with Crippen molar-refractivity contribution in [2.24, 2.45) is 0 Å². The van der Waals surface area contributed by atoms with E-state index in [9.17, 15) is 0 Å². The van der Waals surface area contributed by atoms with Gasteiger partial charge in [-0.15, -0.1) is 0 Å². The first kappa shape index (κ1) is 7.61. The molecule has 4 nitrogen and oxygen atoms in total. The summed E-state index contributed by atoms with van der Waals surface area (Å²) in [5, 5.41) is 7.10. The molecule has 12 heavy (non-hydrogen) atoms. The summed E-state index contributed by atoms with van der Waals surface area (Å²) in [7, 11) is 0. The molecule has 1 aromatic heterocycles. The molecule has 66 valence electrons. The average molecular weight is 167 g/mol. The molecule has 1 aliphatic rings. The van der Waals surface area contributed by atoms with Crippen molar-refractivity contribution >= 4 is 5.82 Å². The number of nitrogens with one attached hydrogen (secondary N) is 1. The van der Waals surface area contributed by atoms with Gasteiger partial charge < -0.3 is 15.6 Å². The summed E-state index contributed by atoms with van der Waals surface area (Å²) in [5.74, 6) is 1.42. The van der Waals surface area contributed by atoms with Gasteiger partial charge in [-0.25, -0.2) is 0 Å². The van der Waals surface area contributed by atoms with Gasteiger partial charge in [0.25, 0.3) is 0 Å². The third-order valence-corrected chi connectivity index (χ3v) is 2.33. The minimum Gasteiger partial charge on any atom is -0.381 e. The summed E-state index contributed by atoms with van der Waals surface area (Å²) in [6.07, 6.45) is 0.911. The summed E-state index contributed by atoms with van der Waals surface area (Å²) in [4.78, 5) is 0. The summed E-state index contributed by atoms with van der Waals surface area (Å²) in [6, 6.07) is 0. The first-order valence-electron chi connectivity index (χ1n) is 4.11. The molecule has 0 unspecified atom stereocenters. The van der Waals surface area contributed by atoms with E-state index in [1.165, 1.54) is 0 Å². The summed E-state index contributed by atoms with van der Waals surface area (Å²) >= 11 is 0. The van der Waals surface area contributed by atoms with Crippen molar-refractivity contribution in [2.75, 3.05) is 12.3 Å². The highest BCUT2D eigenvalue weighted by atomic mass is 16.5. The lowest BCUT2D eigenvalue weighted by Gasteiger charge is -2.28. The third-order valence-electron chi connectivity index (χ3n) is 2.33. The lowest BCUT2D eigenvalue weighted by molar-refractivity contribution is 0.265. The molecule has 1 aliphatic heterocycles. The molecular weight excluding hydrogens is 154 g/mol. The molecule has 0 fully saturated rings. The molecule has 1 aromatic rings. The van der Waals surface area contributed by atoms with Crippen molar-refractivity contribution in [3.8, 4) is 0 Å². The Morgan fingerprint density at radius 2 is 2.33 bits per heavy atom. The zero-order valence-electron chi connectivity index (χ0n) is 7.35. The van der Waals surface area contributed by atoms with Gasteiger partial charge in [0.05, 0.1) is 5.54 Å². The fourth-order valence-electron chi connectivity index (χ4n) is 1.63. The van der Waals surface area contributed by atoms with Crippen LogP contribution in [0.5, 0.6) is 0 Å². The first-order valence-corrected chi connectivity index (χ1v) is 4.11. The SMILES string of the molecule is CC1(C)NCCc2c(N)noc21. The lowest BCUT2D eigenvalue weighted by Crippen LogP contribution is -2.41. The van der Waals surface area contributed by atoms with Gasteiger partial charge in [-0.3, -0.25) is 0 Å². The van der Waals surface area contributed by atoms with Gasteiger partial charge in [-0.1, -0.05) is 5.16 Å². The van der Waals surface area contributed by atoms with E-state index in [1.54, 1.807) is 0 Å². The van der Waals surface area contributed by atoms with Crippen LogP contribution in [0.4, 0.5) is 5.82 Å². The fourth-order valence-corrected chi connectivity index (χ4v) is 1.63. The van der Waals surface area contributed by atoms with E-state index < -0.39 is 0 Å². The Labute approximate surface area is 71.1 Å². The Morgan fingerprint density at radius 3 is 3.00 bits per heavy atom. The van der Waals surface area contributed by atoms with Crippen molar-refractivity contribution in [3.05, 3.63) is 11.3 Å². The van der Waals surface area contributed by atoms with Gasteiger partial charge in [0, 0.05) is 12.1 Å². The molecule has 2 rings (SSSR count). The predicted octanol–water partition coefficient (Wildman–Crippen LogP) is 0.638. The molecule has 0 amide bonds. The van der Waals surface area contributed by atoms with E-state index in [2.05, 4.69) is 24.3 Å². The molecule has 0 saturated carbocycles. The number of aromatic nitrogens is 1. The number of nitrogen functional groups attached to an aromatic ring is 1. The van der Waals surface area contributed by atoms with Crippen molar-refractivity contribution < 1.29 is 4.52 Å². The Morgan fingerprint density at radius 1 is 1.58 bits per heavy atom. The molecule has 0 atom stereocenters. The van der Waals surface area contributed by atoms with Crippen LogP contribution in [-0.4, -0.2) is 11.7 Å². The van der Waals surface area contributed by atoms with Crippen molar-refractivity contribution in [1.29, 1.82) is 0 Å². The summed E-state index contributed by atoms with van der Waals surface area (Å²) < 4.78 is 5.16. The Bertz CT molecular complexity index is 303. The van der Waals surface area contributed by atoms with E-state index in [0.29, 0.717) is 5.82 Å². The fraction of sp³-hybridized carbons (Fsp3) is 0.625. The van der Waals surface area contributed by atoms with Crippen LogP contribution in [0.3, 0.4) is 0 Å². The third kappa shape index (κ3) is 0.914. The van der Waals surface area contributed by atoms with Crippen LogP contribution in [0.2, 0.25) is 0 Å². The average Bonchev–Trinajstić information content (AvgIpc) is 2.33. The van der Waals surface area contributed by atoms with E-state index in [0.717, 1.165) is 24.3 Å². The van der Waals surface area contributed by atoms with Gasteiger partial charge in [-0.05, 0) is 20.3 Å². The molecule has 4 heteroatoms. The maximum absolute atomic E-state index is 5.65. The number of anilines is 1. The van der Waals surface area contributed by atoms with Crippen molar-refractivity contribution in [3.63, 3.8) is 0 Å². The molecule has 0 aliphatic carbocycles. The first-order chi connectivity index (χ1) is 5.61. The van der Waals surface area contributed by atoms with Gasteiger partial charge >= 0.3 is 0 Å². The number of hydrogen-bond acceptors (Lipinski definition) is 4. The smallest absolute Gasteiger partial charge is 0.170 e. The van der Waals surface area contributed by atoms with Gasteiger partial charge in [-0.2, -0.15) is 0 Å². The molecule has 3 N–H and O–H groups in total. The van der Waals surface area contributed by atoms with Crippen LogP contribution in [0.15, 0.2) is 4.52 Å². The van der Waals surface area contributed by atoms with Crippen LogP contribution in [-0.2, 0) is 12.0 Å². The number of nitrogens with zero attached hydrogens (tertiary/aromatic N) is 1. The topological polar surface area (TPSA) is 64.1 Å². The van der Waals surface area contributed by atoms with E-state index in [4.69, 9.17) is 10.3 Å². The number of fused-ring (bicyclic) bond motifs is 1. The normalized spacial score (nSPS) is 20.5. The van der Waals surface area contributed by atoms with Crippen LogP contribution in [0.1, 0.15) is 25.2 Å². The van der Waals surface area contributed by atoms with Gasteiger partial charge in [0.1, 0.15) is 0 Å². The molecule has 0 radical (unpaired) electrons. The Kier molecular flexibility index (Phi) is 1.41. The van der Waals surface area contributed by atoms with Crippen molar-refractivity contribution in [2.45, 2.75) is 25.8 Å². The molecule has 0 saturated heterocycles. The second-order valence-corrected chi connectivity index (χ2v) is 3.68. The molecule has 0 spiro atoms. The number of hydrogen-bond donors (Lipinski definition) is 2. The highest BCUT2D eigenvalue weighted by Crippen LogP contribution is 2.30. The standard InChI is InChI=1S/C8H13N3O/c1-8(2)6-5(3-4-10-8)7(9)11-12-6/h10H,3-4H2,1-2H3,(H2,9,11). The molecular formula is C8H13N3O. The maximum atomic E-state index is 5.65. The second-order valence-electron chi connectivity index (χ2n) is 3.68. The minimum atomic E-state index is -0.127. The Balaban J connectivity index is 2.53. The molecule has 0 bridgehead atoms. The summed E-state index contributed by atoms with van der Waals surface area (Å²) in [5.41, 5.74) is 6.59. The molecule has 0 aromatic carbocycles. The van der Waals surface area contributed by atoms with Crippen LogP contribution >= 0.6 is 0 Å². The largest absolute Gasteiger partial charge is 0.381 e. The van der Waals surface area contributed by atoms with Gasteiger partial charge in [0.15, 0.2) is 11.6 Å². The number of nitrogens with two attached hydrogens (primary N) is 1. The van der Waals surface area contributed by atoms with Crippen LogP contribution in [0, 0.1) is 0 Å². The van der Waals surface area contributed by atoms with E-state index in [1.807, 2.05) is 0 Å². The zero-order valence-corrected chi connectivity index (χ0v) is 7.35. The minimum absolute atomic E-state index is 0.127.